The Balaban J connectivity index is 1.41. The molecular weight excluding hydrogens is 395 g/mol. The number of ether oxygens (including phenoxy) is 2. The number of benzene rings is 2. The molecule has 1 atom stereocenters. The predicted molar refractivity (Wildman–Crippen MR) is 115 cm³/mol. The maximum Gasteiger partial charge on any atom is 0.254 e. The lowest BCUT2D eigenvalue weighted by Crippen LogP contribution is -2.37. The van der Waals surface area contributed by atoms with Gasteiger partial charge in [0.1, 0.15) is 18.2 Å². The molecule has 2 aromatic carbocycles. The van der Waals surface area contributed by atoms with Crippen molar-refractivity contribution in [3.8, 4) is 5.75 Å². The summed E-state index contributed by atoms with van der Waals surface area (Å²) in [5, 5.41) is 0. The average molecular weight is 420 g/mol. The van der Waals surface area contributed by atoms with Crippen molar-refractivity contribution in [1.29, 1.82) is 0 Å². The minimum atomic E-state index is -0.276. The molecule has 1 aliphatic heterocycles. The number of hydrogen-bond acceptors (Lipinski definition) is 4. The standard InChI is InChI=1S/C25H25FN2O3/c26-22-4-1-3-20(15-22)18-31-23-8-6-19(7-9-23)16-28(17-24-5-2-14-30-24)25(29)21-10-12-27-13-11-21/h1,3-4,6-13,15,24H,2,5,14,16-18H2/t24-/m1/s1. The van der Waals surface area contributed by atoms with E-state index in [0.717, 1.165) is 30.6 Å². The Morgan fingerprint density at radius 1 is 1.10 bits per heavy atom. The van der Waals surface area contributed by atoms with Crippen molar-refractivity contribution in [3.63, 3.8) is 0 Å². The molecule has 0 radical (unpaired) electrons. The molecule has 2 heterocycles. The van der Waals surface area contributed by atoms with Gasteiger partial charge in [-0.2, -0.15) is 0 Å². The summed E-state index contributed by atoms with van der Waals surface area (Å²) in [6, 6.07) is 17.5. The summed E-state index contributed by atoms with van der Waals surface area (Å²) in [5.41, 5.74) is 2.39. The normalized spacial score (nSPS) is 15.6. The molecule has 1 aromatic heterocycles. The van der Waals surface area contributed by atoms with E-state index in [1.54, 1.807) is 30.6 Å². The van der Waals surface area contributed by atoms with Crippen LogP contribution in [0.4, 0.5) is 4.39 Å². The number of nitrogens with zero attached hydrogens (tertiary/aromatic N) is 2. The lowest BCUT2D eigenvalue weighted by atomic mass is 10.1. The SMILES string of the molecule is O=C(c1ccncc1)N(Cc1ccc(OCc2cccc(F)c2)cc1)C[C@H]1CCCO1. The lowest BCUT2D eigenvalue weighted by molar-refractivity contribution is 0.0507. The third-order valence-corrected chi connectivity index (χ3v) is 5.25. The molecule has 0 bridgehead atoms. The van der Waals surface area contributed by atoms with E-state index < -0.39 is 0 Å². The number of hydrogen-bond donors (Lipinski definition) is 0. The van der Waals surface area contributed by atoms with Gasteiger partial charge in [-0.05, 0) is 60.4 Å². The molecule has 0 unspecified atom stereocenters. The first-order chi connectivity index (χ1) is 15.2. The Morgan fingerprint density at radius 2 is 1.90 bits per heavy atom. The number of carbonyl (C=O) groups is 1. The van der Waals surface area contributed by atoms with E-state index in [4.69, 9.17) is 9.47 Å². The van der Waals surface area contributed by atoms with Gasteiger partial charge in [-0.15, -0.1) is 0 Å². The van der Waals surface area contributed by atoms with Gasteiger partial charge in [0.05, 0.1) is 6.10 Å². The van der Waals surface area contributed by atoms with Crippen molar-refractivity contribution in [1.82, 2.24) is 9.88 Å². The third-order valence-electron chi connectivity index (χ3n) is 5.25. The van der Waals surface area contributed by atoms with Crippen LogP contribution in [0.2, 0.25) is 0 Å². The molecule has 31 heavy (non-hydrogen) atoms. The predicted octanol–water partition coefficient (Wildman–Crippen LogP) is 4.62. The molecule has 3 aromatic rings. The van der Waals surface area contributed by atoms with Gasteiger partial charge < -0.3 is 14.4 Å². The van der Waals surface area contributed by atoms with E-state index in [0.29, 0.717) is 31.0 Å². The summed E-state index contributed by atoms with van der Waals surface area (Å²) >= 11 is 0. The maximum absolute atomic E-state index is 13.3. The molecule has 1 fully saturated rings. The highest BCUT2D eigenvalue weighted by molar-refractivity contribution is 5.94. The molecule has 1 amide bonds. The zero-order chi connectivity index (χ0) is 21.5. The van der Waals surface area contributed by atoms with E-state index in [-0.39, 0.29) is 17.8 Å². The number of carbonyl (C=O) groups excluding carboxylic acids is 1. The van der Waals surface area contributed by atoms with Crippen molar-refractivity contribution in [2.75, 3.05) is 13.2 Å². The topological polar surface area (TPSA) is 51.7 Å². The smallest absolute Gasteiger partial charge is 0.254 e. The van der Waals surface area contributed by atoms with Crippen molar-refractivity contribution in [2.45, 2.75) is 32.1 Å². The Kier molecular flexibility index (Phi) is 6.89. The van der Waals surface area contributed by atoms with Gasteiger partial charge in [-0.25, -0.2) is 4.39 Å². The lowest BCUT2D eigenvalue weighted by Gasteiger charge is -2.26. The molecule has 0 aliphatic carbocycles. The summed E-state index contributed by atoms with van der Waals surface area (Å²) in [7, 11) is 0. The average Bonchev–Trinajstić information content (AvgIpc) is 3.31. The Bertz CT molecular complexity index is 989. The second kappa shape index (κ2) is 10.2. The summed E-state index contributed by atoms with van der Waals surface area (Å²) in [4.78, 5) is 18.9. The number of halogens is 1. The van der Waals surface area contributed by atoms with E-state index in [9.17, 15) is 9.18 Å². The quantitative estimate of drug-likeness (QED) is 0.534. The van der Waals surface area contributed by atoms with Crippen LogP contribution in [-0.2, 0) is 17.9 Å². The summed E-state index contributed by atoms with van der Waals surface area (Å²) in [6.45, 7) is 2.08. The van der Waals surface area contributed by atoms with E-state index in [2.05, 4.69) is 4.98 Å². The van der Waals surface area contributed by atoms with E-state index in [1.807, 2.05) is 35.2 Å². The van der Waals surface area contributed by atoms with Gasteiger partial charge in [-0.1, -0.05) is 24.3 Å². The second-order valence-electron chi connectivity index (χ2n) is 7.62. The first-order valence-corrected chi connectivity index (χ1v) is 10.4. The van der Waals surface area contributed by atoms with Crippen molar-refractivity contribution in [3.05, 3.63) is 95.6 Å². The minimum absolute atomic E-state index is 0.0377. The molecule has 6 heteroatoms. The first kappa shape index (κ1) is 21.0. The van der Waals surface area contributed by atoms with Crippen LogP contribution >= 0.6 is 0 Å². The van der Waals surface area contributed by atoms with E-state index >= 15 is 0 Å². The minimum Gasteiger partial charge on any atom is -0.489 e. The Labute approximate surface area is 181 Å². The fraction of sp³-hybridized carbons (Fsp3) is 0.280. The number of amides is 1. The van der Waals surface area contributed by atoms with Crippen LogP contribution in [-0.4, -0.2) is 35.0 Å². The fourth-order valence-corrected chi connectivity index (χ4v) is 3.64. The highest BCUT2D eigenvalue weighted by atomic mass is 19.1. The monoisotopic (exact) mass is 420 g/mol. The second-order valence-corrected chi connectivity index (χ2v) is 7.62. The van der Waals surface area contributed by atoms with Gasteiger partial charge in [0.25, 0.3) is 5.91 Å². The molecule has 0 saturated carbocycles. The van der Waals surface area contributed by atoms with Crippen LogP contribution in [0.1, 0.15) is 34.3 Å². The van der Waals surface area contributed by atoms with Gasteiger partial charge in [-0.3, -0.25) is 9.78 Å². The van der Waals surface area contributed by atoms with Gasteiger partial charge in [0.15, 0.2) is 0 Å². The highest BCUT2D eigenvalue weighted by Crippen LogP contribution is 2.19. The van der Waals surface area contributed by atoms with Crippen LogP contribution in [0, 0.1) is 5.82 Å². The molecular formula is C25H25FN2O3. The van der Waals surface area contributed by atoms with Crippen molar-refractivity contribution < 1.29 is 18.7 Å². The Hall–Kier alpha value is -3.25. The summed E-state index contributed by atoms with van der Waals surface area (Å²) < 4.78 is 24.8. The molecule has 0 spiro atoms. The van der Waals surface area contributed by atoms with Gasteiger partial charge in [0, 0.05) is 37.7 Å². The molecule has 160 valence electrons. The largest absolute Gasteiger partial charge is 0.489 e. The molecule has 0 N–H and O–H groups in total. The first-order valence-electron chi connectivity index (χ1n) is 10.4. The van der Waals surface area contributed by atoms with Gasteiger partial charge >= 0.3 is 0 Å². The summed E-state index contributed by atoms with van der Waals surface area (Å²) in [5.74, 6) is 0.380. The van der Waals surface area contributed by atoms with Crippen molar-refractivity contribution in [2.24, 2.45) is 0 Å². The molecule has 1 aliphatic rings. The molecule has 4 rings (SSSR count). The zero-order valence-corrected chi connectivity index (χ0v) is 17.2. The van der Waals surface area contributed by atoms with Gasteiger partial charge in [0.2, 0.25) is 0 Å². The molecule has 1 saturated heterocycles. The zero-order valence-electron chi connectivity index (χ0n) is 17.2. The van der Waals surface area contributed by atoms with E-state index in [1.165, 1.54) is 12.1 Å². The van der Waals surface area contributed by atoms with Crippen LogP contribution in [0.25, 0.3) is 0 Å². The molecule has 5 nitrogen and oxygen atoms in total. The number of aromatic nitrogens is 1. The number of rotatable bonds is 8. The van der Waals surface area contributed by atoms with Crippen LogP contribution in [0.3, 0.4) is 0 Å². The van der Waals surface area contributed by atoms with Crippen LogP contribution in [0.15, 0.2) is 73.1 Å². The maximum atomic E-state index is 13.3. The van der Waals surface area contributed by atoms with Crippen molar-refractivity contribution >= 4 is 5.91 Å². The fourth-order valence-electron chi connectivity index (χ4n) is 3.64. The van der Waals surface area contributed by atoms with Crippen LogP contribution < -0.4 is 4.74 Å². The third kappa shape index (κ3) is 5.89. The Morgan fingerprint density at radius 3 is 2.61 bits per heavy atom. The van der Waals surface area contributed by atoms with Crippen LogP contribution in [0.5, 0.6) is 5.75 Å². The highest BCUT2D eigenvalue weighted by Gasteiger charge is 2.23. The number of pyridine rings is 1. The summed E-state index contributed by atoms with van der Waals surface area (Å²) in [6.07, 6.45) is 5.32.